The van der Waals surface area contributed by atoms with E-state index in [0.29, 0.717) is 5.92 Å². The van der Waals surface area contributed by atoms with Gasteiger partial charge >= 0.3 is 0 Å². The summed E-state index contributed by atoms with van der Waals surface area (Å²) in [5.74, 6) is 0.594. The summed E-state index contributed by atoms with van der Waals surface area (Å²) >= 11 is 0. The maximum absolute atomic E-state index is 2.77. The van der Waals surface area contributed by atoms with Crippen LogP contribution in [-0.4, -0.2) is 0 Å². The Balaban J connectivity index is 1.60. The van der Waals surface area contributed by atoms with Gasteiger partial charge in [0.1, 0.15) is 0 Å². The maximum Gasteiger partial charge on any atom is 0.0396 e. The van der Waals surface area contributed by atoms with Gasteiger partial charge in [0.2, 0.25) is 0 Å². The average molecular weight is 729 g/mol. The van der Waals surface area contributed by atoms with Crippen molar-refractivity contribution in [2.24, 2.45) is 38.9 Å². The number of rotatable bonds is 4. The first kappa shape index (κ1) is 38.2. The average Bonchev–Trinajstić information content (AvgIpc) is 3.80. The van der Waals surface area contributed by atoms with Crippen LogP contribution in [0.4, 0.5) is 0 Å². The van der Waals surface area contributed by atoms with Crippen LogP contribution in [0.25, 0.3) is 5.57 Å². The molecule has 0 nitrogen and oxygen atoms in total. The molecule has 3 atom stereocenters. The van der Waals surface area contributed by atoms with Crippen molar-refractivity contribution in [1.29, 1.82) is 0 Å². The van der Waals surface area contributed by atoms with Gasteiger partial charge in [-0.3, -0.25) is 0 Å². The normalized spacial score (nSPS) is 27.9. The van der Waals surface area contributed by atoms with Gasteiger partial charge in [0.05, 0.1) is 0 Å². The second-order valence-corrected chi connectivity index (χ2v) is 22.0. The Labute approximate surface area is 335 Å². The first-order valence-corrected chi connectivity index (χ1v) is 21.4. The molecule has 0 saturated heterocycles. The fourth-order valence-electron chi connectivity index (χ4n) is 13.3. The van der Waals surface area contributed by atoms with E-state index in [4.69, 9.17) is 0 Å². The van der Waals surface area contributed by atoms with Gasteiger partial charge in [-0.25, -0.2) is 0 Å². The van der Waals surface area contributed by atoms with Crippen molar-refractivity contribution < 1.29 is 0 Å². The van der Waals surface area contributed by atoms with Crippen molar-refractivity contribution in [3.05, 3.63) is 159 Å². The summed E-state index contributed by atoms with van der Waals surface area (Å²) in [5.41, 5.74) is 14.1. The van der Waals surface area contributed by atoms with Gasteiger partial charge < -0.3 is 0 Å². The highest BCUT2D eigenvalue weighted by Gasteiger charge is 2.77. The summed E-state index contributed by atoms with van der Waals surface area (Å²) in [5, 5.41) is 0. The van der Waals surface area contributed by atoms with E-state index in [1.807, 2.05) is 0 Å². The van der Waals surface area contributed by atoms with Gasteiger partial charge in [0.25, 0.3) is 0 Å². The molecule has 3 aromatic carbocycles. The standard InChI is InChI=1S/C55H68/c1-48(2,3)37-27-31-40(32-28-37)55(39-22-16-17-23-39,41-33-29-38(30-34-41)49(4,5)6)54(14)47-44-35-36-21-15-18-24-42(36)46(44)43-25-19-20-26-45(43)53(47,13)51(9,10)50(7,8)52(54,11)12/h15-19,21-25,27-34,39,45H,20,26,35H2,1-14H3. The zero-order valence-corrected chi connectivity index (χ0v) is 36.7. The van der Waals surface area contributed by atoms with Gasteiger partial charge in [0, 0.05) is 22.2 Å². The van der Waals surface area contributed by atoms with Crippen LogP contribution in [0.1, 0.15) is 143 Å². The lowest BCUT2D eigenvalue weighted by atomic mass is 9.25. The summed E-state index contributed by atoms with van der Waals surface area (Å²) in [6.07, 6.45) is 18.1. The van der Waals surface area contributed by atoms with Crippen molar-refractivity contribution in [2.45, 2.75) is 132 Å². The van der Waals surface area contributed by atoms with E-state index in [2.05, 4.69) is 206 Å². The van der Waals surface area contributed by atoms with E-state index in [0.717, 1.165) is 12.8 Å². The first-order valence-electron chi connectivity index (χ1n) is 21.4. The second kappa shape index (κ2) is 11.9. The number of allylic oxidation sites excluding steroid dienone is 10. The minimum atomic E-state index is -0.425. The van der Waals surface area contributed by atoms with Gasteiger partial charge in [-0.05, 0) is 102 Å². The molecule has 0 bridgehead atoms. The van der Waals surface area contributed by atoms with Gasteiger partial charge in [-0.1, -0.05) is 212 Å². The fourth-order valence-corrected chi connectivity index (χ4v) is 13.3. The monoisotopic (exact) mass is 729 g/mol. The molecule has 0 heterocycles. The molecule has 3 aromatic rings. The Kier molecular flexibility index (Phi) is 8.30. The molecule has 0 amide bonds. The summed E-state index contributed by atoms with van der Waals surface area (Å²) in [7, 11) is 0. The topological polar surface area (TPSA) is 0 Å². The number of hydrogen-bond donors (Lipinski definition) is 0. The van der Waals surface area contributed by atoms with E-state index in [9.17, 15) is 0 Å². The molecule has 5 aliphatic rings. The predicted molar refractivity (Wildman–Crippen MR) is 236 cm³/mol. The van der Waals surface area contributed by atoms with Crippen LogP contribution in [0.15, 0.2) is 126 Å². The third-order valence-corrected chi connectivity index (χ3v) is 17.7. The van der Waals surface area contributed by atoms with Crippen molar-refractivity contribution in [2.75, 3.05) is 0 Å². The Hall–Kier alpha value is -3.64. The Morgan fingerprint density at radius 3 is 1.62 bits per heavy atom. The fraction of sp³-hybridized carbons (Fsp3) is 0.491. The van der Waals surface area contributed by atoms with Crippen LogP contribution in [0, 0.1) is 38.9 Å². The number of fused-ring (bicyclic) bond motifs is 6. The Bertz CT molecular complexity index is 2120. The molecule has 0 heteroatoms. The van der Waals surface area contributed by atoms with Crippen LogP contribution in [0.5, 0.6) is 0 Å². The minimum Gasteiger partial charge on any atom is -0.0842 e. The molecule has 0 spiro atoms. The lowest BCUT2D eigenvalue weighted by molar-refractivity contribution is -0.212. The second-order valence-electron chi connectivity index (χ2n) is 22.0. The molecular weight excluding hydrogens is 661 g/mol. The summed E-state index contributed by atoms with van der Waals surface area (Å²) < 4.78 is 0. The smallest absolute Gasteiger partial charge is 0.0396 e. The number of benzene rings is 3. The SMILES string of the molecule is CC(C)(C)c1ccc(C(c2ccc(C(C)(C)C)cc2)(C2C=CC=C2)C2(C)C3=C4Cc5ccccc5C4=C4C=CCCC4C3(C)C(C)(C)C(C)(C)C2(C)C)cc1. The molecule has 3 unspecified atom stereocenters. The third-order valence-electron chi connectivity index (χ3n) is 17.7. The van der Waals surface area contributed by atoms with Crippen LogP contribution < -0.4 is 0 Å². The zero-order chi connectivity index (χ0) is 39.8. The quantitative estimate of drug-likeness (QED) is 0.251. The van der Waals surface area contributed by atoms with Crippen molar-refractivity contribution in [1.82, 2.24) is 0 Å². The molecule has 1 saturated carbocycles. The van der Waals surface area contributed by atoms with Gasteiger partial charge in [-0.2, -0.15) is 0 Å². The molecule has 5 aliphatic carbocycles. The molecule has 288 valence electrons. The molecule has 1 fully saturated rings. The molecule has 55 heavy (non-hydrogen) atoms. The summed E-state index contributed by atoms with van der Waals surface area (Å²) in [4.78, 5) is 0. The molecule has 0 aromatic heterocycles. The highest BCUT2D eigenvalue weighted by molar-refractivity contribution is 5.92. The summed E-state index contributed by atoms with van der Waals surface area (Å²) in [6.45, 7) is 35.6. The van der Waals surface area contributed by atoms with Crippen LogP contribution >= 0.6 is 0 Å². The lowest BCUT2D eigenvalue weighted by Crippen LogP contribution is -2.73. The first-order chi connectivity index (χ1) is 25.6. The number of hydrogen-bond acceptors (Lipinski definition) is 0. The summed E-state index contributed by atoms with van der Waals surface area (Å²) in [6, 6.07) is 29.4. The van der Waals surface area contributed by atoms with E-state index in [-0.39, 0.29) is 43.8 Å². The van der Waals surface area contributed by atoms with Gasteiger partial charge in [-0.15, -0.1) is 0 Å². The van der Waals surface area contributed by atoms with Crippen LogP contribution in [-0.2, 0) is 22.7 Å². The molecular formula is C55H68. The Morgan fingerprint density at radius 2 is 1.09 bits per heavy atom. The Morgan fingerprint density at radius 1 is 0.582 bits per heavy atom. The van der Waals surface area contributed by atoms with E-state index < -0.39 is 5.41 Å². The van der Waals surface area contributed by atoms with E-state index >= 15 is 0 Å². The lowest BCUT2D eigenvalue weighted by Gasteiger charge is -2.78. The van der Waals surface area contributed by atoms with E-state index in [1.54, 1.807) is 22.3 Å². The highest BCUT2D eigenvalue weighted by atomic mass is 14.8. The predicted octanol–water partition coefficient (Wildman–Crippen LogP) is 14.7. The van der Waals surface area contributed by atoms with E-state index in [1.165, 1.54) is 39.8 Å². The van der Waals surface area contributed by atoms with Crippen molar-refractivity contribution in [3.8, 4) is 0 Å². The van der Waals surface area contributed by atoms with Crippen LogP contribution in [0.2, 0.25) is 0 Å². The minimum absolute atomic E-state index is 0.0218. The molecule has 0 N–H and O–H groups in total. The van der Waals surface area contributed by atoms with Gasteiger partial charge in [0.15, 0.2) is 0 Å². The van der Waals surface area contributed by atoms with Crippen LogP contribution in [0.3, 0.4) is 0 Å². The van der Waals surface area contributed by atoms with Crippen molar-refractivity contribution >= 4 is 5.57 Å². The van der Waals surface area contributed by atoms with Crippen molar-refractivity contribution in [3.63, 3.8) is 0 Å². The zero-order valence-electron chi connectivity index (χ0n) is 36.7. The molecule has 0 aliphatic heterocycles. The third kappa shape index (κ3) is 4.70. The maximum atomic E-state index is 2.77. The molecule has 0 radical (unpaired) electrons. The highest BCUT2D eigenvalue weighted by Crippen LogP contribution is 2.83. The molecule has 8 rings (SSSR count). The largest absolute Gasteiger partial charge is 0.0842 e.